The lowest BCUT2D eigenvalue weighted by Gasteiger charge is -2.12. The van der Waals surface area contributed by atoms with E-state index >= 15 is 0 Å². The van der Waals surface area contributed by atoms with Crippen LogP contribution in [0.15, 0.2) is 23.1 Å². The number of halogens is 1. The number of hydrogen-bond donors (Lipinski definition) is 2. The molecule has 18 heavy (non-hydrogen) atoms. The van der Waals surface area contributed by atoms with Crippen LogP contribution < -0.4 is 10.6 Å². The van der Waals surface area contributed by atoms with Gasteiger partial charge in [0.2, 0.25) is 0 Å². The van der Waals surface area contributed by atoms with Crippen molar-refractivity contribution in [2.45, 2.75) is 11.3 Å². The van der Waals surface area contributed by atoms with Crippen LogP contribution in [0.3, 0.4) is 0 Å². The smallest absolute Gasteiger partial charge is 0.175 e. The summed E-state index contributed by atoms with van der Waals surface area (Å²) in [5.41, 5.74) is 0.356. The first-order chi connectivity index (χ1) is 8.47. The minimum absolute atomic E-state index is 0.00748. The molecule has 0 saturated carbocycles. The Balaban J connectivity index is 2.05. The van der Waals surface area contributed by atoms with Gasteiger partial charge in [-0.25, -0.2) is 12.8 Å². The predicted octanol–water partition coefficient (Wildman–Crippen LogP) is 1.25. The normalized spacial score (nSPS) is 20.0. The molecule has 1 aromatic carbocycles. The molecule has 1 heterocycles. The minimum atomic E-state index is -3.35. The summed E-state index contributed by atoms with van der Waals surface area (Å²) in [6, 6.07) is 3.96. The molecular weight excluding hydrogens is 255 g/mol. The lowest BCUT2D eigenvalue weighted by atomic mass is 10.1. The zero-order valence-electron chi connectivity index (χ0n) is 10.2. The van der Waals surface area contributed by atoms with E-state index in [1.54, 1.807) is 0 Å². The molecule has 0 bridgehead atoms. The summed E-state index contributed by atoms with van der Waals surface area (Å²) in [5.74, 6) is -0.0251. The summed E-state index contributed by atoms with van der Waals surface area (Å²) >= 11 is 0. The molecule has 1 unspecified atom stereocenters. The monoisotopic (exact) mass is 272 g/mol. The van der Waals surface area contributed by atoms with Gasteiger partial charge in [-0.1, -0.05) is 0 Å². The first-order valence-electron chi connectivity index (χ1n) is 5.91. The zero-order valence-corrected chi connectivity index (χ0v) is 11.1. The second-order valence-electron chi connectivity index (χ2n) is 4.65. The van der Waals surface area contributed by atoms with Gasteiger partial charge in [0.1, 0.15) is 5.82 Å². The Labute approximate surface area is 107 Å². The molecule has 6 heteroatoms. The molecule has 1 atom stereocenters. The fourth-order valence-corrected chi connectivity index (χ4v) is 2.65. The minimum Gasteiger partial charge on any atom is -0.382 e. The maximum absolute atomic E-state index is 13.7. The molecule has 1 aliphatic rings. The second kappa shape index (κ2) is 5.24. The van der Waals surface area contributed by atoms with E-state index in [9.17, 15) is 12.8 Å². The molecular formula is C12H17FN2O2S. The van der Waals surface area contributed by atoms with Crippen molar-refractivity contribution < 1.29 is 12.8 Å². The van der Waals surface area contributed by atoms with E-state index in [0.717, 1.165) is 31.8 Å². The van der Waals surface area contributed by atoms with Crippen LogP contribution in [0.2, 0.25) is 0 Å². The van der Waals surface area contributed by atoms with Gasteiger partial charge in [-0.3, -0.25) is 0 Å². The van der Waals surface area contributed by atoms with Crippen molar-refractivity contribution in [2.24, 2.45) is 5.92 Å². The lowest BCUT2D eigenvalue weighted by Crippen LogP contribution is -2.17. The standard InChI is InChI=1S/C12H17FN2O2S/c1-18(16,17)10-2-3-12(11(13)6-10)15-8-9-4-5-14-7-9/h2-3,6,9,14-15H,4-5,7-8H2,1H3. The SMILES string of the molecule is CS(=O)(=O)c1ccc(NCC2CCNC2)c(F)c1. The van der Waals surface area contributed by atoms with Gasteiger partial charge >= 0.3 is 0 Å². The molecule has 0 amide bonds. The van der Waals surface area contributed by atoms with Gasteiger partial charge in [0.25, 0.3) is 0 Å². The molecule has 0 aromatic heterocycles. The zero-order chi connectivity index (χ0) is 13.2. The molecule has 0 radical (unpaired) electrons. The third-order valence-corrected chi connectivity index (χ3v) is 4.22. The van der Waals surface area contributed by atoms with Crippen LogP contribution in [-0.4, -0.2) is 34.3 Å². The highest BCUT2D eigenvalue weighted by atomic mass is 32.2. The van der Waals surface area contributed by atoms with Crippen molar-refractivity contribution in [1.29, 1.82) is 0 Å². The van der Waals surface area contributed by atoms with Gasteiger partial charge in [0.05, 0.1) is 10.6 Å². The average Bonchev–Trinajstić information content (AvgIpc) is 2.79. The van der Waals surface area contributed by atoms with Crippen molar-refractivity contribution in [2.75, 3.05) is 31.2 Å². The first kappa shape index (κ1) is 13.3. The average molecular weight is 272 g/mol. The van der Waals surface area contributed by atoms with Gasteiger partial charge in [-0.05, 0) is 43.6 Å². The number of sulfone groups is 1. The third-order valence-electron chi connectivity index (χ3n) is 3.11. The van der Waals surface area contributed by atoms with Crippen molar-refractivity contribution in [3.63, 3.8) is 0 Å². The Kier molecular flexibility index (Phi) is 3.87. The maximum atomic E-state index is 13.7. The van der Waals surface area contributed by atoms with Crippen LogP contribution in [0.1, 0.15) is 6.42 Å². The number of rotatable bonds is 4. The van der Waals surface area contributed by atoms with Crippen LogP contribution in [0.4, 0.5) is 10.1 Å². The predicted molar refractivity (Wildman–Crippen MR) is 69.0 cm³/mol. The van der Waals surface area contributed by atoms with Crippen LogP contribution in [0, 0.1) is 11.7 Å². The van der Waals surface area contributed by atoms with E-state index in [1.165, 1.54) is 12.1 Å². The molecule has 1 aliphatic heterocycles. The van der Waals surface area contributed by atoms with E-state index in [1.807, 2.05) is 0 Å². The Morgan fingerprint density at radius 2 is 2.28 bits per heavy atom. The highest BCUT2D eigenvalue weighted by Gasteiger charge is 2.15. The molecule has 1 fully saturated rings. The van der Waals surface area contributed by atoms with Crippen molar-refractivity contribution in [1.82, 2.24) is 5.32 Å². The fourth-order valence-electron chi connectivity index (χ4n) is 2.01. The van der Waals surface area contributed by atoms with E-state index in [2.05, 4.69) is 10.6 Å². The van der Waals surface area contributed by atoms with Gasteiger partial charge in [-0.2, -0.15) is 0 Å². The number of hydrogen-bond acceptors (Lipinski definition) is 4. The lowest BCUT2D eigenvalue weighted by molar-refractivity contribution is 0.592. The summed E-state index contributed by atoms with van der Waals surface area (Å²) in [7, 11) is -3.35. The Morgan fingerprint density at radius 1 is 1.50 bits per heavy atom. The Morgan fingerprint density at radius 3 is 2.83 bits per heavy atom. The molecule has 0 spiro atoms. The van der Waals surface area contributed by atoms with Gasteiger partial charge in [0.15, 0.2) is 9.84 Å². The third kappa shape index (κ3) is 3.20. The number of anilines is 1. The van der Waals surface area contributed by atoms with Crippen LogP contribution in [0.25, 0.3) is 0 Å². The quantitative estimate of drug-likeness (QED) is 0.866. The maximum Gasteiger partial charge on any atom is 0.175 e. The summed E-state index contributed by atoms with van der Waals surface area (Å²) in [6.07, 6.45) is 2.15. The van der Waals surface area contributed by atoms with Gasteiger partial charge < -0.3 is 10.6 Å². The molecule has 4 nitrogen and oxygen atoms in total. The topological polar surface area (TPSA) is 58.2 Å². The van der Waals surface area contributed by atoms with Crippen molar-refractivity contribution in [3.05, 3.63) is 24.0 Å². The molecule has 2 rings (SSSR count). The summed E-state index contributed by atoms with van der Waals surface area (Å²) in [5, 5.41) is 6.26. The fraction of sp³-hybridized carbons (Fsp3) is 0.500. The van der Waals surface area contributed by atoms with E-state index < -0.39 is 15.7 Å². The number of nitrogens with one attached hydrogen (secondary N) is 2. The van der Waals surface area contributed by atoms with Crippen LogP contribution in [-0.2, 0) is 9.84 Å². The summed E-state index contributed by atoms with van der Waals surface area (Å²) in [6.45, 7) is 2.64. The highest BCUT2D eigenvalue weighted by Crippen LogP contribution is 2.19. The van der Waals surface area contributed by atoms with E-state index in [0.29, 0.717) is 18.2 Å². The largest absolute Gasteiger partial charge is 0.382 e. The van der Waals surface area contributed by atoms with Crippen LogP contribution >= 0.6 is 0 Å². The summed E-state index contributed by atoms with van der Waals surface area (Å²) in [4.78, 5) is 0.00748. The molecule has 100 valence electrons. The second-order valence-corrected chi connectivity index (χ2v) is 6.67. The van der Waals surface area contributed by atoms with E-state index in [-0.39, 0.29) is 4.90 Å². The molecule has 2 N–H and O–H groups in total. The summed E-state index contributed by atoms with van der Waals surface area (Å²) < 4.78 is 36.2. The van der Waals surface area contributed by atoms with E-state index in [4.69, 9.17) is 0 Å². The molecule has 1 saturated heterocycles. The van der Waals surface area contributed by atoms with Gasteiger partial charge in [-0.15, -0.1) is 0 Å². The molecule has 0 aliphatic carbocycles. The van der Waals surface area contributed by atoms with Crippen molar-refractivity contribution in [3.8, 4) is 0 Å². The van der Waals surface area contributed by atoms with Crippen molar-refractivity contribution >= 4 is 15.5 Å². The highest BCUT2D eigenvalue weighted by molar-refractivity contribution is 7.90. The number of benzene rings is 1. The molecule has 1 aromatic rings. The first-order valence-corrected chi connectivity index (χ1v) is 7.80. The Bertz CT molecular complexity index is 525. The van der Waals surface area contributed by atoms with Crippen LogP contribution in [0.5, 0.6) is 0 Å². The van der Waals surface area contributed by atoms with Gasteiger partial charge in [0, 0.05) is 12.8 Å². The Hall–Kier alpha value is -1.14.